The number of likely N-dealkylation sites (tertiary alicyclic amines) is 1. The lowest BCUT2D eigenvalue weighted by molar-refractivity contribution is 0.0600. The van der Waals surface area contributed by atoms with Gasteiger partial charge in [-0.15, -0.1) is 0 Å². The molecule has 1 N–H and O–H groups in total. The monoisotopic (exact) mass is 342 g/mol. The van der Waals surface area contributed by atoms with E-state index in [1.54, 1.807) is 35.2 Å². The first-order valence-electron chi connectivity index (χ1n) is 8.10. The van der Waals surface area contributed by atoms with Gasteiger partial charge in [0.05, 0.1) is 18.7 Å². The van der Waals surface area contributed by atoms with E-state index in [4.69, 9.17) is 0 Å². The van der Waals surface area contributed by atoms with Gasteiger partial charge in [0.1, 0.15) is 5.82 Å². The van der Waals surface area contributed by atoms with E-state index in [1.807, 2.05) is 6.07 Å². The van der Waals surface area contributed by atoms with Crippen LogP contribution in [-0.4, -0.2) is 30.6 Å². The van der Waals surface area contributed by atoms with Crippen LogP contribution in [0.2, 0.25) is 0 Å². The summed E-state index contributed by atoms with van der Waals surface area (Å²) in [6.07, 6.45) is 1.67. The number of ether oxygens (including phenoxy) is 1. The SMILES string of the molecule is COC(=O)c1ccc(NC(=O)N2CCC[C@@H]2c2cccc(F)c2)cc1. The summed E-state index contributed by atoms with van der Waals surface area (Å²) >= 11 is 0. The van der Waals surface area contributed by atoms with Gasteiger partial charge in [0.25, 0.3) is 0 Å². The second-order valence-corrected chi connectivity index (χ2v) is 5.91. The zero-order valence-corrected chi connectivity index (χ0v) is 13.9. The number of esters is 1. The molecule has 1 heterocycles. The molecule has 130 valence electrons. The molecule has 0 aromatic heterocycles. The summed E-state index contributed by atoms with van der Waals surface area (Å²) in [5.74, 6) is -0.730. The smallest absolute Gasteiger partial charge is 0.337 e. The van der Waals surface area contributed by atoms with E-state index >= 15 is 0 Å². The Morgan fingerprint density at radius 3 is 2.64 bits per heavy atom. The Labute approximate surface area is 145 Å². The molecule has 0 saturated carbocycles. The number of halogens is 1. The lowest BCUT2D eigenvalue weighted by Crippen LogP contribution is -2.34. The molecule has 1 aliphatic heterocycles. The molecule has 1 saturated heterocycles. The second-order valence-electron chi connectivity index (χ2n) is 5.91. The molecule has 0 aliphatic carbocycles. The number of hydrogen-bond acceptors (Lipinski definition) is 3. The van der Waals surface area contributed by atoms with E-state index in [9.17, 15) is 14.0 Å². The quantitative estimate of drug-likeness (QED) is 0.858. The Morgan fingerprint density at radius 1 is 1.20 bits per heavy atom. The molecule has 25 heavy (non-hydrogen) atoms. The number of anilines is 1. The molecule has 0 spiro atoms. The highest BCUT2D eigenvalue weighted by molar-refractivity contribution is 5.92. The summed E-state index contributed by atoms with van der Waals surface area (Å²) in [7, 11) is 1.32. The average molecular weight is 342 g/mol. The molecule has 0 radical (unpaired) electrons. The first-order chi connectivity index (χ1) is 12.1. The molecular formula is C19H19FN2O3. The van der Waals surface area contributed by atoms with Crippen LogP contribution in [0.25, 0.3) is 0 Å². The van der Waals surface area contributed by atoms with Crippen LogP contribution in [0, 0.1) is 5.82 Å². The van der Waals surface area contributed by atoms with Crippen molar-refractivity contribution >= 4 is 17.7 Å². The van der Waals surface area contributed by atoms with Gasteiger partial charge in [0, 0.05) is 12.2 Å². The Kier molecular flexibility index (Phi) is 4.97. The topological polar surface area (TPSA) is 58.6 Å². The maximum Gasteiger partial charge on any atom is 0.337 e. The van der Waals surface area contributed by atoms with E-state index in [1.165, 1.54) is 19.2 Å². The molecule has 1 aliphatic rings. The Hall–Kier alpha value is -2.89. The Balaban J connectivity index is 1.71. The normalized spacial score (nSPS) is 16.6. The zero-order valence-electron chi connectivity index (χ0n) is 13.9. The molecule has 0 bridgehead atoms. The van der Waals surface area contributed by atoms with Crippen molar-refractivity contribution < 1.29 is 18.7 Å². The van der Waals surface area contributed by atoms with Gasteiger partial charge >= 0.3 is 12.0 Å². The highest BCUT2D eigenvalue weighted by atomic mass is 19.1. The van der Waals surface area contributed by atoms with Crippen LogP contribution in [0.5, 0.6) is 0 Å². The minimum absolute atomic E-state index is 0.134. The van der Waals surface area contributed by atoms with E-state index in [0.29, 0.717) is 17.8 Å². The van der Waals surface area contributed by atoms with Gasteiger partial charge in [-0.3, -0.25) is 0 Å². The molecule has 2 amide bonds. The average Bonchev–Trinajstić information content (AvgIpc) is 3.11. The number of hydrogen-bond donors (Lipinski definition) is 1. The first-order valence-corrected chi connectivity index (χ1v) is 8.10. The van der Waals surface area contributed by atoms with Crippen molar-refractivity contribution in [2.45, 2.75) is 18.9 Å². The minimum Gasteiger partial charge on any atom is -0.465 e. The molecule has 2 aromatic carbocycles. The van der Waals surface area contributed by atoms with Gasteiger partial charge in [-0.25, -0.2) is 14.0 Å². The standard InChI is InChI=1S/C19H19FN2O3/c1-25-18(23)13-7-9-16(10-8-13)21-19(24)22-11-3-6-17(22)14-4-2-5-15(20)12-14/h2,4-5,7-10,12,17H,3,6,11H2,1H3,(H,21,24)/t17-/m1/s1. The molecule has 3 rings (SSSR count). The summed E-state index contributed by atoms with van der Waals surface area (Å²) in [6.45, 7) is 0.618. The van der Waals surface area contributed by atoms with Crippen molar-refractivity contribution in [3.63, 3.8) is 0 Å². The number of nitrogens with zero attached hydrogens (tertiary/aromatic N) is 1. The van der Waals surface area contributed by atoms with Crippen LogP contribution in [-0.2, 0) is 4.74 Å². The number of carbonyl (C=O) groups is 2. The van der Waals surface area contributed by atoms with Gasteiger partial charge in [0.15, 0.2) is 0 Å². The second kappa shape index (κ2) is 7.34. The number of urea groups is 1. The highest BCUT2D eigenvalue weighted by Gasteiger charge is 2.30. The molecule has 2 aromatic rings. The predicted molar refractivity (Wildman–Crippen MR) is 91.9 cm³/mol. The van der Waals surface area contributed by atoms with Crippen molar-refractivity contribution in [2.75, 3.05) is 19.0 Å². The van der Waals surface area contributed by atoms with Gasteiger partial charge in [-0.2, -0.15) is 0 Å². The number of rotatable bonds is 3. The van der Waals surface area contributed by atoms with E-state index in [-0.39, 0.29) is 17.9 Å². The lowest BCUT2D eigenvalue weighted by Gasteiger charge is -2.25. The van der Waals surface area contributed by atoms with Crippen LogP contribution < -0.4 is 5.32 Å². The van der Waals surface area contributed by atoms with Crippen molar-refractivity contribution in [3.8, 4) is 0 Å². The third kappa shape index (κ3) is 3.79. The maximum absolute atomic E-state index is 13.5. The number of carbonyl (C=O) groups excluding carboxylic acids is 2. The zero-order chi connectivity index (χ0) is 17.8. The summed E-state index contributed by atoms with van der Waals surface area (Å²) in [5.41, 5.74) is 1.80. The van der Waals surface area contributed by atoms with E-state index in [0.717, 1.165) is 18.4 Å². The number of benzene rings is 2. The van der Waals surface area contributed by atoms with Crippen molar-refractivity contribution in [2.24, 2.45) is 0 Å². The largest absolute Gasteiger partial charge is 0.465 e. The van der Waals surface area contributed by atoms with Crippen LogP contribution in [0.15, 0.2) is 48.5 Å². The van der Waals surface area contributed by atoms with Crippen molar-refractivity contribution in [1.82, 2.24) is 4.90 Å². The van der Waals surface area contributed by atoms with Crippen LogP contribution >= 0.6 is 0 Å². The van der Waals surface area contributed by atoms with Crippen molar-refractivity contribution in [1.29, 1.82) is 0 Å². The van der Waals surface area contributed by atoms with E-state index in [2.05, 4.69) is 10.1 Å². The first kappa shape index (κ1) is 17.0. The van der Waals surface area contributed by atoms with Crippen LogP contribution in [0.3, 0.4) is 0 Å². The van der Waals surface area contributed by atoms with Gasteiger partial charge in [-0.05, 0) is 54.8 Å². The summed E-state index contributed by atoms with van der Waals surface area (Å²) in [4.78, 5) is 25.7. The predicted octanol–water partition coefficient (Wildman–Crippen LogP) is 3.98. The number of nitrogens with one attached hydrogen (secondary N) is 1. The summed E-state index contributed by atoms with van der Waals surface area (Å²) < 4.78 is 18.1. The maximum atomic E-state index is 13.5. The fraction of sp³-hybridized carbons (Fsp3) is 0.263. The minimum atomic E-state index is -0.427. The van der Waals surface area contributed by atoms with Crippen LogP contribution in [0.4, 0.5) is 14.9 Å². The molecule has 6 heteroatoms. The number of methoxy groups -OCH3 is 1. The summed E-state index contributed by atoms with van der Waals surface area (Å²) in [6, 6.07) is 12.5. The molecule has 0 unspecified atom stereocenters. The third-order valence-corrected chi connectivity index (χ3v) is 4.30. The third-order valence-electron chi connectivity index (χ3n) is 4.30. The lowest BCUT2D eigenvalue weighted by atomic mass is 10.0. The fourth-order valence-electron chi connectivity index (χ4n) is 3.07. The van der Waals surface area contributed by atoms with Crippen molar-refractivity contribution in [3.05, 3.63) is 65.5 Å². The van der Waals surface area contributed by atoms with E-state index < -0.39 is 5.97 Å². The molecule has 1 fully saturated rings. The Bertz CT molecular complexity index is 776. The van der Waals surface area contributed by atoms with Gasteiger partial charge < -0.3 is 15.0 Å². The molecular weight excluding hydrogens is 323 g/mol. The Morgan fingerprint density at radius 2 is 1.96 bits per heavy atom. The van der Waals surface area contributed by atoms with Crippen LogP contribution in [0.1, 0.15) is 34.8 Å². The molecule has 5 nitrogen and oxygen atoms in total. The van der Waals surface area contributed by atoms with Gasteiger partial charge in [-0.1, -0.05) is 12.1 Å². The van der Waals surface area contributed by atoms with Gasteiger partial charge in [0.2, 0.25) is 0 Å². The fourth-order valence-corrected chi connectivity index (χ4v) is 3.07. The highest BCUT2D eigenvalue weighted by Crippen LogP contribution is 2.32. The number of amides is 2. The summed E-state index contributed by atoms with van der Waals surface area (Å²) in [5, 5.41) is 2.82. The molecule has 1 atom stereocenters.